The molecule has 1 fully saturated rings. The maximum absolute atomic E-state index is 12.7. The third-order valence-corrected chi connectivity index (χ3v) is 6.78. The van der Waals surface area contributed by atoms with Crippen molar-refractivity contribution in [3.05, 3.63) is 42.1 Å². The summed E-state index contributed by atoms with van der Waals surface area (Å²) >= 11 is 1.58. The van der Waals surface area contributed by atoms with Gasteiger partial charge in [0, 0.05) is 56.4 Å². The smallest absolute Gasteiger partial charge is 0.254 e. The molecule has 1 aromatic heterocycles. The van der Waals surface area contributed by atoms with E-state index in [-0.39, 0.29) is 11.8 Å². The number of pyridine rings is 1. The third kappa shape index (κ3) is 4.76. The first-order valence-electron chi connectivity index (χ1n) is 10.5. The van der Waals surface area contributed by atoms with Gasteiger partial charge in [-0.3, -0.25) is 19.5 Å². The minimum absolute atomic E-state index is 0.0741. The van der Waals surface area contributed by atoms with Crippen LogP contribution >= 0.6 is 11.8 Å². The van der Waals surface area contributed by atoms with Gasteiger partial charge in [-0.1, -0.05) is 6.07 Å². The topological polar surface area (TPSA) is 66.0 Å². The fourth-order valence-electron chi connectivity index (χ4n) is 3.88. The fraction of sp³-hybridized carbons (Fsp3) is 0.435. The number of morpholine rings is 1. The van der Waals surface area contributed by atoms with Gasteiger partial charge in [-0.05, 0) is 31.2 Å². The van der Waals surface area contributed by atoms with Crippen LogP contribution in [0.1, 0.15) is 17.3 Å². The second-order valence-corrected chi connectivity index (χ2v) is 9.13. The predicted molar refractivity (Wildman–Crippen MR) is 123 cm³/mol. The van der Waals surface area contributed by atoms with E-state index in [1.807, 2.05) is 23.1 Å². The van der Waals surface area contributed by atoms with E-state index in [9.17, 15) is 9.59 Å². The van der Waals surface area contributed by atoms with Crippen molar-refractivity contribution in [2.24, 2.45) is 0 Å². The molecule has 2 aliphatic heterocycles. The number of fused-ring (bicyclic) bond motifs is 1. The number of ether oxygens (including phenoxy) is 1. The number of rotatable bonds is 5. The van der Waals surface area contributed by atoms with Crippen molar-refractivity contribution in [1.29, 1.82) is 0 Å². The van der Waals surface area contributed by atoms with E-state index in [1.165, 1.54) is 4.90 Å². The number of carbonyl (C=O) groups excluding carboxylic acids is 2. The number of hydrogen-bond acceptors (Lipinski definition) is 6. The number of carbonyl (C=O) groups is 2. The zero-order chi connectivity index (χ0) is 22.0. The molecule has 2 aromatic rings. The van der Waals surface area contributed by atoms with Gasteiger partial charge in [-0.2, -0.15) is 0 Å². The molecule has 0 radical (unpaired) electrons. The molecule has 0 saturated carbocycles. The molecular formula is C23H28N4O3S. The lowest BCUT2D eigenvalue weighted by molar-refractivity contribution is -0.116. The van der Waals surface area contributed by atoms with Crippen LogP contribution in [-0.4, -0.2) is 85.3 Å². The van der Waals surface area contributed by atoms with Crippen LogP contribution in [0.15, 0.2) is 41.4 Å². The Morgan fingerprint density at radius 3 is 2.81 bits per heavy atom. The molecule has 7 nitrogen and oxygen atoms in total. The van der Waals surface area contributed by atoms with Crippen LogP contribution in [0.2, 0.25) is 0 Å². The van der Waals surface area contributed by atoms with Crippen LogP contribution in [0.4, 0.5) is 5.69 Å². The molecule has 1 aromatic carbocycles. The highest BCUT2D eigenvalue weighted by molar-refractivity contribution is 8.00. The predicted octanol–water partition coefficient (Wildman–Crippen LogP) is 2.61. The monoisotopic (exact) mass is 440 g/mol. The quantitative estimate of drug-likeness (QED) is 0.712. The number of anilines is 1. The summed E-state index contributed by atoms with van der Waals surface area (Å²) in [5.41, 5.74) is 3.21. The second kappa shape index (κ2) is 9.38. The number of amides is 2. The van der Waals surface area contributed by atoms with Crippen LogP contribution in [0, 0.1) is 0 Å². The molecule has 8 heteroatoms. The van der Waals surface area contributed by atoms with Crippen molar-refractivity contribution in [1.82, 2.24) is 14.8 Å². The molecule has 0 bridgehead atoms. The first-order chi connectivity index (χ1) is 14.9. The third-order valence-electron chi connectivity index (χ3n) is 5.73. The first kappa shape index (κ1) is 21.8. The lowest BCUT2D eigenvalue weighted by atomic mass is 10.1. The number of hydrogen-bond donors (Lipinski definition) is 0. The van der Waals surface area contributed by atoms with Gasteiger partial charge < -0.3 is 14.5 Å². The van der Waals surface area contributed by atoms with E-state index in [1.54, 1.807) is 38.1 Å². The van der Waals surface area contributed by atoms with Crippen LogP contribution in [0.3, 0.4) is 0 Å². The summed E-state index contributed by atoms with van der Waals surface area (Å²) in [7, 11) is 3.45. The van der Waals surface area contributed by atoms with Crippen molar-refractivity contribution < 1.29 is 14.3 Å². The molecule has 1 saturated heterocycles. The zero-order valence-corrected chi connectivity index (χ0v) is 19.0. The van der Waals surface area contributed by atoms with E-state index in [0.29, 0.717) is 23.9 Å². The molecule has 0 spiro atoms. The Bertz CT molecular complexity index is 964. The summed E-state index contributed by atoms with van der Waals surface area (Å²) in [6, 6.07) is 10.1. The van der Waals surface area contributed by atoms with Gasteiger partial charge in [0.05, 0.1) is 35.9 Å². The van der Waals surface area contributed by atoms with Gasteiger partial charge in [-0.15, -0.1) is 11.8 Å². The summed E-state index contributed by atoms with van der Waals surface area (Å²) < 4.78 is 5.53. The highest BCUT2D eigenvalue weighted by atomic mass is 32.2. The number of nitrogens with zero attached hydrogens (tertiary/aromatic N) is 4. The molecule has 1 atom stereocenters. The molecule has 4 rings (SSSR count). The Morgan fingerprint density at radius 1 is 1.26 bits per heavy atom. The van der Waals surface area contributed by atoms with Gasteiger partial charge in [-0.25, -0.2) is 0 Å². The molecule has 3 heterocycles. The average Bonchev–Trinajstić information content (AvgIpc) is 2.78. The summed E-state index contributed by atoms with van der Waals surface area (Å²) in [4.78, 5) is 36.3. The van der Waals surface area contributed by atoms with Crippen molar-refractivity contribution in [2.75, 3.05) is 57.6 Å². The second-order valence-electron chi connectivity index (χ2n) is 8.11. The van der Waals surface area contributed by atoms with Crippen LogP contribution < -0.4 is 4.90 Å². The molecule has 164 valence electrons. The van der Waals surface area contributed by atoms with Gasteiger partial charge >= 0.3 is 0 Å². The van der Waals surface area contributed by atoms with E-state index in [0.717, 1.165) is 48.1 Å². The minimum Gasteiger partial charge on any atom is -0.379 e. The van der Waals surface area contributed by atoms with E-state index < -0.39 is 0 Å². The standard InChI is InChI=1S/C23H28N4O3S/c1-16-14-30-11-10-26(16)8-9-27-20-12-17(5-7-21(20)31-15-22(27)28)19-6-4-18(13-24-19)23(29)25(2)3/h4-7,12-13,16H,8-11,14-15H2,1-3H3. The van der Waals surface area contributed by atoms with Crippen LogP contribution in [-0.2, 0) is 9.53 Å². The lowest BCUT2D eigenvalue weighted by Gasteiger charge is -2.36. The molecule has 31 heavy (non-hydrogen) atoms. The fourth-order valence-corrected chi connectivity index (χ4v) is 4.79. The first-order valence-corrected chi connectivity index (χ1v) is 11.5. The normalized spacial score (nSPS) is 19.3. The molecule has 2 aliphatic rings. The van der Waals surface area contributed by atoms with E-state index >= 15 is 0 Å². The highest BCUT2D eigenvalue weighted by Crippen LogP contribution is 2.38. The number of aromatic nitrogens is 1. The Hall–Kier alpha value is -2.42. The van der Waals surface area contributed by atoms with E-state index in [2.05, 4.69) is 22.9 Å². The molecule has 0 aliphatic carbocycles. The van der Waals surface area contributed by atoms with Gasteiger partial charge in [0.15, 0.2) is 0 Å². The van der Waals surface area contributed by atoms with Crippen molar-refractivity contribution in [3.8, 4) is 11.3 Å². The molecule has 1 unspecified atom stereocenters. The summed E-state index contributed by atoms with van der Waals surface area (Å²) in [6.45, 7) is 6.02. The zero-order valence-electron chi connectivity index (χ0n) is 18.2. The van der Waals surface area contributed by atoms with Crippen molar-refractivity contribution in [2.45, 2.75) is 17.9 Å². The lowest BCUT2D eigenvalue weighted by Crippen LogP contribution is -2.48. The number of benzene rings is 1. The van der Waals surface area contributed by atoms with E-state index in [4.69, 9.17) is 4.74 Å². The van der Waals surface area contributed by atoms with Crippen LogP contribution in [0.25, 0.3) is 11.3 Å². The Kier molecular flexibility index (Phi) is 6.60. The molecule has 0 N–H and O–H groups in total. The highest BCUT2D eigenvalue weighted by Gasteiger charge is 2.27. The maximum atomic E-state index is 12.7. The maximum Gasteiger partial charge on any atom is 0.254 e. The number of thioether (sulfide) groups is 1. The molecular weight excluding hydrogens is 412 g/mol. The van der Waals surface area contributed by atoms with Crippen LogP contribution in [0.5, 0.6) is 0 Å². The van der Waals surface area contributed by atoms with Gasteiger partial charge in [0.1, 0.15) is 0 Å². The van der Waals surface area contributed by atoms with Gasteiger partial charge in [0.2, 0.25) is 5.91 Å². The summed E-state index contributed by atoms with van der Waals surface area (Å²) in [6.07, 6.45) is 1.61. The van der Waals surface area contributed by atoms with Crippen molar-refractivity contribution in [3.63, 3.8) is 0 Å². The molecule has 2 amide bonds. The summed E-state index contributed by atoms with van der Waals surface area (Å²) in [5, 5.41) is 0. The Labute approximate surface area is 187 Å². The Morgan fingerprint density at radius 2 is 2.10 bits per heavy atom. The van der Waals surface area contributed by atoms with Crippen molar-refractivity contribution >= 4 is 29.3 Å². The van der Waals surface area contributed by atoms with Gasteiger partial charge in [0.25, 0.3) is 5.91 Å². The SMILES string of the molecule is CC1COCCN1CCN1C(=O)CSc2ccc(-c3ccc(C(=O)N(C)C)cn3)cc21. The Balaban J connectivity index is 1.55. The average molecular weight is 441 g/mol. The minimum atomic E-state index is -0.0741. The summed E-state index contributed by atoms with van der Waals surface area (Å²) in [5.74, 6) is 0.524. The largest absolute Gasteiger partial charge is 0.379 e.